The van der Waals surface area contributed by atoms with Crippen LogP contribution in [-0.2, 0) is 10.0 Å². The van der Waals surface area contributed by atoms with Crippen LogP contribution in [0.25, 0.3) is 11.3 Å². The third kappa shape index (κ3) is 5.05. The van der Waals surface area contributed by atoms with Crippen LogP contribution >= 0.6 is 0 Å². The minimum atomic E-state index is -3.71. The summed E-state index contributed by atoms with van der Waals surface area (Å²) >= 11 is 0. The molecule has 0 bridgehead atoms. The zero-order valence-corrected chi connectivity index (χ0v) is 20.4. The van der Waals surface area contributed by atoms with Gasteiger partial charge in [-0.15, -0.1) is 10.2 Å². The fraction of sp³-hybridized carbons (Fsp3) is 0.360. The first kappa shape index (κ1) is 24.1. The Morgan fingerprint density at radius 1 is 0.971 bits per heavy atom. The van der Waals surface area contributed by atoms with Gasteiger partial charge in [0.05, 0.1) is 12.3 Å². The van der Waals surface area contributed by atoms with Gasteiger partial charge in [-0.25, -0.2) is 12.8 Å². The SMILES string of the molecule is CCOc1ccc(C(C)C)cc1S(=O)(=O)N1CCN(c2ccc(-c3ccc(F)cc3)nn2)CC1. The Hall–Kier alpha value is -3.04. The first-order valence-corrected chi connectivity index (χ1v) is 12.8. The number of anilines is 1. The maximum atomic E-state index is 13.5. The Morgan fingerprint density at radius 3 is 2.26 bits per heavy atom. The highest BCUT2D eigenvalue weighted by atomic mass is 32.2. The summed E-state index contributed by atoms with van der Waals surface area (Å²) < 4.78 is 47.3. The van der Waals surface area contributed by atoms with Crippen LogP contribution < -0.4 is 9.64 Å². The first-order valence-electron chi connectivity index (χ1n) is 11.4. The molecule has 1 aliphatic rings. The van der Waals surface area contributed by atoms with Crippen LogP contribution in [0.1, 0.15) is 32.3 Å². The van der Waals surface area contributed by atoms with Crippen molar-refractivity contribution in [2.24, 2.45) is 0 Å². The second-order valence-corrected chi connectivity index (χ2v) is 10.4. The molecule has 3 aromatic rings. The third-order valence-electron chi connectivity index (χ3n) is 5.91. The van der Waals surface area contributed by atoms with Gasteiger partial charge in [0.1, 0.15) is 16.5 Å². The van der Waals surface area contributed by atoms with Crippen molar-refractivity contribution >= 4 is 15.8 Å². The summed E-state index contributed by atoms with van der Waals surface area (Å²) in [6.07, 6.45) is 0. The first-order chi connectivity index (χ1) is 16.3. The lowest BCUT2D eigenvalue weighted by Crippen LogP contribution is -2.49. The average molecular weight is 485 g/mol. The lowest BCUT2D eigenvalue weighted by atomic mass is 10.0. The van der Waals surface area contributed by atoms with Crippen LogP contribution in [0.2, 0.25) is 0 Å². The quantitative estimate of drug-likeness (QED) is 0.497. The summed E-state index contributed by atoms with van der Waals surface area (Å²) in [5.74, 6) is 0.972. The number of hydrogen-bond donors (Lipinski definition) is 0. The molecule has 4 rings (SSSR count). The summed E-state index contributed by atoms with van der Waals surface area (Å²) in [6, 6.07) is 15.2. The van der Waals surface area contributed by atoms with E-state index in [4.69, 9.17) is 4.74 Å². The van der Waals surface area contributed by atoms with Crippen molar-refractivity contribution in [3.05, 3.63) is 66.0 Å². The minimum absolute atomic E-state index is 0.206. The van der Waals surface area contributed by atoms with Crippen LogP contribution in [0.15, 0.2) is 59.5 Å². The Kier molecular flexibility index (Phi) is 7.13. The summed E-state index contributed by atoms with van der Waals surface area (Å²) in [5.41, 5.74) is 2.39. The van der Waals surface area contributed by atoms with Gasteiger partial charge in [-0.05, 0) is 66.9 Å². The van der Waals surface area contributed by atoms with Gasteiger partial charge >= 0.3 is 0 Å². The number of piperazine rings is 1. The van der Waals surface area contributed by atoms with Crippen molar-refractivity contribution in [1.82, 2.24) is 14.5 Å². The lowest BCUT2D eigenvalue weighted by molar-refractivity contribution is 0.327. The smallest absolute Gasteiger partial charge is 0.246 e. The molecule has 34 heavy (non-hydrogen) atoms. The van der Waals surface area contributed by atoms with Crippen LogP contribution in [-0.4, -0.2) is 55.7 Å². The van der Waals surface area contributed by atoms with Crippen molar-refractivity contribution in [2.75, 3.05) is 37.7 Å². The van der Waals surface area contributed by atoms with E-state index in [0.29, 0.717) is 50.0 Å². The van der Waals surface area contributed by atoms with Crippen molar-refractivity contribution in [1.29, 1.82) is 0 Å². The number of hydrogen-bond acceptors (Lipinski definition) is 6. The summed E-state index contributed by atoms with van der Waals surface area (Å²) in [7, 11) is -3.71. The van der Waals surface area contributed by atoms with E-state index in [1.807, 2.05) is 43.9 Å². The Labute approximate surface area is 200 Å². The van der Waals surface area contributed by atoms with Gasteiger partial charge in [0.25, 0.3) is 0 Å². The maximum absolute atomic E-state index is 13.5. The summed E-state index contributed by atoms with van der Waals surface area (Å²) in [5, 5.41) is 8.58. The molecule has 1 saturated heterocycles. The molecule has 1 aliphatic heterocycles. The average Bonchev–Trinajstić information content (AvgIpc) is 2.85. The van der Waals surface area contributed by atoms with E-state index < -0.39 is 10.0 Å². The Bertz CT molecular complexity index is 1220. The van der Waals surface area contributed by atoms with Crippen molar-refractivity contribution in [3.8, 4) is 17.0 Å². The largest absolute Gasteiger partial charge is 0.492 e. The van der Waals surface area contributed by atoms with E-state index in [9.17, 15) is 12.8 Å². The molecule has 0 spiro atoms. The minimum Gasteiger partial charge on any atom is -0.492 e. The predicted octanol–water partition coefficient (Wildman–Crippen LogP) is 4.32. The predicted molar refractivity (Wildman–Crippen MR) is 130 cm³/mol. The Morgan fingerprint density at radius 2 is 1.68 bits per heavy atom. The molecule has 2 aromatic carbocycles. The second kappa shape index (κ2) is 10.1. The molecule has 7 nitrogen and oxygen atoms in total. The number of aromatic nitrogens is 2. The van der Waals surface area contributed by atoms with Gasteiger partial charge in [0.15, 0.2) is 5.82 Å². The highest BCUT2D eigenvalue weighted by Crippen LogP contribution is 2.31. The van der Waals surface area contributed by atoms with E-state index >= 15 is 0 Å². The van der Waals surface area contributed by atoms with Gasteiger partial charge in [-0.1, -0.05) is 19.9 Å². The maximum Gasteiger partial charge on any atom is 0.246 e. The van der Waals surface area contributed by atoms with Crippen molar-refractivity contribution < 1.29 is 17.5 Å². The van der Waals surface area contributed by atoms with Crippen LogP contribution in [0, 0.1) is 5.82 Å². The molecule has 9 heteroatoms. The number of rotatable bonds is 7. The van der Waals surface area contributed by atoms with Gasteiger partial charge < -0.3 is 9.64 Å². The number of nitrogens with zero attached hydrogens (tertiary/aromatic N) is 4. The third-order valence-corrected chi connectivity index (χ3v) is 7.83. The highest BCUT2D eigenvalue weighted by Gasteiger charge is 2.32. The molecule has 180 valence electrons. The van der Waals surface area contributed by atoms with Gasteiger partial charge in [-0.3, -0.25) is 0 Å². The number of ether oxygens (including phenoxy) is 1. The molecule has 1 aromatic heterocycles. The Balaban J connectivity index is 1.48. The van der Waals surface area contributed by atoms with Crippen LogP contribution in [0.3, 0.4) is 0 Å². The summed E-state index contributed by atoms with van der Waals surface area (Å²) in [4.78, 5) is 2.24. The van der Waals surface area contributed by atoms with E-state index in [1.165, 1.54) is 16.4 Å². The normalized spacial score (nSPS) is 15.0. The monoisotopic (exact) mass is 484 g/mol. The fourth-order valence-electron chi connectivity index (χ4n) is 3.93. The zero-order valence-electron chi connectivity index (χ0n) is 19.6. The van der Waals surface area contributed by atoms with Crippen molar-refractivity contribution in [3.63, 3.8) is 0 Å². The molecule has 2 heterocycles. The molecule has 0 radical (unpaired) electrons. The highest BCUT2D eigenvalue weighted by molar-refractivity contribution is 7.89. The lowest BCUT2D eigenvalue weighted by Gasteiger charge is -2.34. The van der Waals surface area contributed by atoms with E-state index in [-0.39, 0.29) is 16.6 Å². The van der Waals surface area contributed by atoms with Crippen molar-refractivity contribution in [2.45, 2.75) is 31.6 Å². The second-order valence-electron chi connectivity index (χ2n) is 8.47. The number of halogens is 1. The van der Waals surface area contributed by atoms with Crippen LogP contribution in [0.4, 0.5) is 10.2 Å². The fourth-order valence-corrected chi connectivity index (χ4v) is 5.51. The van der Waals surface area contributed by atoms with Crippen LogP contribution in [0.5, 0.6) is 5.75 Å². The van der Waals surface area contributed by atoms with Gasteiger partial charge in [-0.2, -0.15) is 4.31 Å². The topological polar surface area (TPSA) is 75.6 Å². The van der Waals surface area contributed by atoms with E-state index in [0.717, 1.165) is 11.1 Å². The summed E-state index contributed by atoms with van der Waals surface area (Å²) in [6.45, 7) is 7.97. The molecule has 0 saturated carbocycles. The molecule has 0 unspecified atom stereocenters. The van der Waals surface area contributed by atoms with E-state index in [1.54, 1.807) is 24.3 Å². The van der Waals surface area contributed by atoms with Gasteiger partial charge in [0.2, 0.25) is 10.0 Å². The van der Waals surface area contributed by atoms with E-state index in [2.05, 4.69) is 10.2 Å². The number of benzene rings is 2. The molecular formula is C25H29FN4O3S. The van der Waals surface area contributed by atoms with Gasteiger partial charge in [0, 0.05) is 31.7 Å². The molecule has 0 atom stereocenters. The molecule has 0 N–H and O–H groups in total. The molecular weight excluding hydrogens is 455 g/mol. The standard InChI is InChI=1S/C25H29FN4O3S/c1-4-33-23-11-7-20(18(2)3)17-24(23)34(31,32)30-15-13-29(14-16-30)25-12-10-22(27-28-25)19-5-8-21(26)9-6-19/h5-12,17-18H,4,13-16H2,1-3H3. The number of sulfonamides is 1. The molecule has 0 aliphatic carbocycles. The zero-order chi connectivity index (χ0) is 24.3. The molecule has 1 fully saturated rings. The molecule has 0 amide bonds.